The zero-order valence-electron chi connectivity index (χ0n) is 13.8. The highest BCUT2D eigenvalue weighted by Gasteiger charge is 2.14. The number of nitrogens with zero attached hydrogens (tertiary/aromatic N) is 2. The van der Waals surface area contributed by atoms with Gasteiger partial charge in [-0.3, -0.25) is 9.59 Å². The summed E-state index contributed by atoms with van der Waals surface area (Å²) in [5.41, 5.74) is 1.54. The van der Waals surface area contributed by atoms with Gasteiger partial charge in [-0.25, -0.2) is 4.98 Å². The number of carbonyl (C=O) groups is 2. The van der Waals surface area contributed by atoms with Gasteiger partial charge in [-0.05, 0) is 37.3 Å². The number of hydrogen-bond donors (Lipinski definition) is 2. The molecule has 2 amide bonds. The molecule has 0 saturated heterocycles. The minimum atomic E-state index is -0.351. The van der Waals surface area contributed by atoms with Gasteiger partial charge in [0.15, 0.2) is 0 Å². The Labute approximate surface area is 145 Å². The van der Waals surface area contributed by atoms with E-state index in [1.807, 2.05) is 6.92 Å². The van der Waals surface area contributed by atoms with E-state index in [2.05, 4.69) is 15.6 Å². The summed E-state index contributed by atoms with van der Waals surface area (Å²) in [6.07, 6.45) is 1.48. The van der Waals surface area contributed by atoms with Crippen molar-refractivity contribution in [2.24, 2.45) is 0 Å². The Morgan fingerprint density at radius 1 is 1.21 bits per heavy atom. The van der Waals surface area contributed by atoms with Crippen molar-refractivity contribution in [1.29, 1.82) is 0 Å². The Kier molecular flexibility index (Phi) is 5.76. The van der Waals surface area contributed by atoms with Gasteiger partial charge in [-0.15, -0.1) is 0 Å². The molecule has 0 fully saturated rings. The van der Waals surface area contributed by atoms with Gasteiger partial charge in [0.2, 0.25) is 0 Å². The minimum absolute atomic E-state index is 0.163. The van der Waals surface area contributed by atoms with Crippen LogP contribution in [0.3, 0.4) is 0 Å². The maximum absolute atomic E-state index is 12.5. The first-order chi connectivity index (χ1) is 11.4. The normalized spacial score (nSPS) is 10.2. The van der Waals surface area contributed by atoms with E-state index in [1.54, 1.807) is 38.4 Å². The molecule has 0 unspecified atom stereocenters. The van der Waals surface area contributed by atoms with Crippen molar-refractivity contribution in [2.75, 3.05) is 31.3 Å². The zero-order valence-corrected chi connectivity index (χ0v) is 14.5. The van der Waals surface area contributed by atoms with Crippen LogP contribution in [0, 0.1) is 0 Å². The maximum atomic E-state index is 12.5. The fourth-order valence-electron chi connectivity index (χ4n) is 2.12. The van der Waals surface area contributed by atoms with Crippen molar-refractivity contribution in [1.82, 2.24) is 9.88 Å². The van der Waals surface area contributed by atoms with E-state index in [1.165, 1.54) is 17.2 Å². The lowest BCUT2D eigenvalue weighted by molar-refractivity contribution is 0.0827. The third-order valence-electron chi connectivity index (χ3n) is 3.25. The highest BCUT2D eigenvalue weighted by atomic mass is 35.5. The van der Waals surface area contributed by atoms with Crippen molar-refractivity contribution in [2.45, 2.75) is 6.92 Å². The Bertz CT molecular complexity index is 762. The molecule has 24 heavy (non-hydrogen) atoms. The highest BCUT2D eigenvalue weighted by Crippen LogP contribution is 2.22. The molecule has 0 bridgehead atoms. The molecule has 6 nitrogen and oxygen atoms in total. The number of amides is 2. The van der Waals surface area contributed by atoms with Crippen LogP contribution >= 0.6 is 11.6 Å². The lowest BCUT2D eigenvalue weighted by Gasteiger charge is -2.13. The summed E-state index contributed by atoms with van der Waals surface area (Å²) in [5.74, 6) is -0.213. The molecule has 0 spiro atoms. The van der Waals surface area contributed by atoms with Gasteiger partial charge in [-0.2, -0.15) is 0 Å². The van der Waals surface area contributed by atoms with E-state index in [0.717, 1.165) is 0 Å². The second kappa shape index (κ2) is 7.79. The first-order valence-electron chi connectivity index (χ1n) is 7.45. The van der Waals surface area contributed by atoms with Gasteiger partial charge in [0.1, 0.15) is 5.82 Å². The average Bonchev–Trinajstić information content (AvgIpc) is 2.56. The summed E-state index contributed by atoms with van der Waals surface area (Å²) in [6, 6.07) is 8.19. The van der Waals surface area contributed by atoms with Crippen molar-refractivity contribution >= 4 is 34.9 Å². The first kappa shape index (κ1) is 17.7. The Hall–Kier alpha value is -2.60. The molecule has 0 aliphatic rings. The minimum Gasteiger partial charge on any atom is -0.385 e. The number of benzene rings is 1. The summed E-state index contributed by atoms with van der Waals surface area (Å²) in [4.78, 5) is 30.1. The van der Waals surface area contributed by atoms with Crippen LogP contribution in [-0.4, -0.2) is 42.3 Å². The van der Waals surface area contributed by atoms with E-state index in [9.17, 15) is 9.59 Å². The standard InChI is InChI=1S/C17H19ClN4O2/c1-4-19-14-6-5-12(18)10-13(14)16(23)21-15-9-11(7-8-20-15)17(24)22(2)3/h5-10,19H,4H2,1-3H3,(H,20,21,23). The summed E-state index contributed by atoms with van der Waals surface area (Å²) in [7, 11) is 3.32. The molecule has 2 aromatic rings. The number of aromatic nitrogens is 1. The van der Waals surface area contributed by atoms with E-state index < -0.39 is 0 Å². The lowest BCUT2D eigenvalue weighted by Crippen LogP contribution is -2.22. The van der Waals surface area contributed by atoms with Gasteiger partial charge >= 0.3 is 0 Å². The van der Waals surface area contributed by atoms with Crippen LogP contribution in [-0.2, 0) is 0 Å². The Balaban J connectivity index is 2.26. The first-order valence-corrected chi connectivity index (χ1v) is 7.82. The number of rotatable bonds is 5. The fourth-order valence-corrected chi connectivity index (χ4v) is 2.29. The molecule has 1 aromatic heterocycles. The second-order valence-electron chi connectivity index (χ2n) is 5.30. The van der Waals surface area contributed by atoms with Crippen LogP contribution in [0.1, 0.15) is 27.6 Å². The topological polar surface area (TPSA) is 74.3 Å². The summed E-state index contributed by atoms with van der Waals surface area (Å²) in [6.45, 7) is 2.61. The molecular formula is C17H19ClN4O2. The van der Waals surface area contributed by atoms with E-state index in [4.69, 9.17) is 11.6 Å². The monoisotopic (exact) mass is 346 g/mol. The smallest absolute Gasteiger partial charge is 0.258 e. The van der Waals surface area contributed by atoms with Crippen LogP contribution < -0.4 is 10.6 Å². The van der Waals surface area contributed by atoms with Crippen LogP contribution in [0.2, 0.25) is 5.02 Å². The molecular weight excluding hydrogens is 328 g/mol. The Morgan fingerprint density at radius 2 is 1.96 bits per heavy atom. The summed E-state index contributed by atoms with van der Waals surface area (Å²) in [5, 5.41) is 6.28. The predicted molar refractivity (Wildman–Crippen MR) is 95.8 cm³/mol. The zero-order chi connectivity index (χ0) is 17.7. The molecule has 0 saturated carbocycles. The van der Waals surface area contributed by atoms with E-state index in [0.29, 0.717) is 34.2 Å². The van der Waals surface area contributed by atoms with Gasteiger partial charge in [0.05, 0.1) is 5.56 Å². The molecule has 2 N–H and O–H groups in total. The molecule has 0 radical (unpaired) electrons. The third kappa shape index (κ3) is 4.23. The average molecular weight is 347 g/mol. The molecule has 0 atom stereocenters. The van der Waals surface area contributed by atoms with Crippen molar-refractivity contribution in [3.63, 3.8) is 0 Å². The highest BCUT2D eigenvalue weighted by molar-refractivity contribution is 6.31. The number of nitrogens with one attached hydrogen (secondary N) is 2. The maximum Gasteiger partial charge on any atom is 0.258 e. The van der Waals surface area contributed by atoms with Crippen molar-refractivity contribution < 1.29 is 9.59 Å². The number of pyridine rings is 1. The summed E-state index contributed by atoms with van der Waals surface area (Å²) >= 11 is 5.99. The predicted octanol–water partition coefficient (Wildman–Crippen LogP) is 3.12. The number of hydrogen-bond acceptors (Lipinski definition) is 4. The van der Waals surface area contributed by atoms with Crippen molar-refractivity contribution in [3.05, 3.63) is 52.7 Å². The van der Waals surface area contributed by atoms with E-state index in [-0.39, 0.29) is 11.8 Å². The van der Waals surface area contributed by atoms with Crippen LogP contribution in [0.4, 0.5) is 11.5 Å². The van der Waals surface area contributed by atoms with Gasteiger partial charge in [0, 0.05) is 43.1 Å². The van der Waals surface area contributed by atoms with Crippen LogP contribution in [0.15, 0.2) is 36.5 Å². The quantitative estimate of drug-likeness (QED) is 0.872. The lowest BCUT2D eigenvalue weighted by atomic mass is 10.1. The van der Waals surface area contributed by atoms with E-state index >= 15 is 0 Å². The molecule has 126 valence electrons. The molecule has 1 aromatic carbocycles. The second-order valence-corrected chi connectivity index (χ2v) is 5.74. The van der Waals surface area contributed by atoms with Gasteiger partial charge in [-0.1, -0.05) is 11.6 Å². The Morgan fingerprint density at radius 3 is 2.62 bits per heavy atom. The third-order valence-corrected chi connectivity index (χ3v) is 3.48. The molecule has 0 aliphatic heterocycles. The molecule has 0 aliphatic carbocycles. The molecule has 1 heterocycles. The number of carbonyl (C=O) groups excluding carboxylic acids is 2. The van der Waals surface area contributed by atoms with Crippen molar-refractivity contribution in [3.8, 4) is 0 Å². The fraction of sp³-hybridized carbons (Fsp3) is 0.235. The number of halogens is 1. The summed E-state index contributed by atoms with van der Waals surface area (Å²) < 4.78 is 0. The number of anilines is 2. The van der Waals surface area contributed by atoms with Gasteiger partial charge in [0.25, 0.3) is 11.8 Å². The molecule has 7 heteroatoms. The van der Waals surface area contributed by atoms with Gasteiger partial charge < -0.3 is 15.5 Å². The largest absolute Gasteiger partial charge is 0.385 e. The SMILES string of the molecule is CCNc1ccc(Cl)cc1C(=O)Nc1cc(C(=O)N(C)C)ccn1. The van der Waals surface area contributed by atoms with Crippen LogP contribution in [0.25, 0.3) is 0 Å². The molecule has 2 rings (SSSR count). The van der Waals surface area contributed by atoms with Crippen LogP contribution in [0.5, 0.6) is 0 Å².